The third-order valence-electron chi connectivity index (χ3n) is 6.09. The SMILES string of the molecule is COCCN(C(=O)OC(C)(C)C)c1ccc(NC(=O)c2cc(NC(=O)C(Cl)C(Cl)c3cc(Cl)cc(Cl)c3)ccc2Cl)c(C)c1. The summed E-state index contributed by atoms with van der Waals surface area (Å²) in [7, 11) is 1.54. The molecule has 3 rings (SSSR count). The average Bonchev–Trinajstić information content (AvgIpc) is 2.93. The van der Waals surface area contributed by atoms with E-state index < -0.39 is 34.3 Å². The van der Waals surface area contributed by atoms with Gasteiger partial charge >= 0.3 is 6.09 Å². The van der Waals surface area contributed by atoms with Crippen LogP contribution in [-0.2, 0) is 14.3 Å². The number of nitrogens with one attached hydrogen (secondary N) is 2. The van der Waals surface area contributed by atoms with Crippen molar-refractivity contribution >= 4 is 93.0 Å². The molecule has 0 fully saturated rings. The van der Waals surface area contributed by atoms with Gasteiger partial charge in [-0.2, -0.15) is 0 Å². The number of ether oxygens (including phenoxy) is 2. The van der Waals surface area contributed by atoms with Crippen LogP contribution in [-0.4, -0.2) is 49.1 Å². The summed E-state index contributed by atoms with van der Waals surface area (Å²) in [5, 5.41) is 4.24. The Hall–Kier alpha value is -2.72. The van der Waals surface area contributed by atoms with E-state index in [-0.39, 0.29) is 22.8 Å². The molecular formula is C31H32Cl5N3O5. The van der Waals surface area contributed by atoms with Gasteiger partial charge in [0, 0.05) is 34.2 Å². The van der Waals surface area contributed by atoms with Gasteiger partial charge in [-0.15, -0.1) is 23.2 Å². The van der Waals surface area contributed by atoms with E-state index in [0.717, 1.165) is 0 Å². The number of halogens is 5. The van der Waals surface area contributed by atoms with Crippen LogP contribution in [0.1, 0.15) is 47.6 Å². The van der Waals surface area contributed by atoms with Crippen molar-refractivity contribution in [3.63, 3.8) is 0 Å². The number of carbonyl (C=O) groups is 3. The third-order valence-corrected chi connectivity index (χ3v) is 7.94. The van der Waals surface area contributed by atoms with E-state index in [1.165, 1.54) is 29.2 Å². The summed E-state index contributed by atoms with van der Waals surface area (Å²) in [5.74, 6) is -1.12. The zero-order chi connectivity index (χ0) is 32.8. The first-order chi connectivity index (χ1) is 20.6. The number of aryl methyl sites for hydroxylation is 1. The number of nitrogens with zero attached hydrogens (tertiary/aromatic N) is 1. The predicted octanol–water partition coefficient (Wildman–Crippen LogP) is 9.12. The van der Waals surface area contributed by atoms with E-state index in [4.69, 9.17) is 67.5 Å². The Morgan fingerprint density at radius 2 is 1.57 bits per heavy atom. The molecule has 8 nitrogen and oxygen atoms in total. The maximum Gasteiger partial charge on any atom is 0.414 e. The lowest BCUT2D eigenvalue weighted by Gasteiger charge is -2.27. The normalized spacial score (nSPS) is 12.7. The standard InChI is InChI=1S/C31H32Cl5N3O5/c1-17-12-22(39(10-11-43-5)30(42)44-31(2,3)4)7-9-25(17)38-28(40)23-16-21(6-8-24(23)34)37-29(41)27(36)26(35)18-13-19(32)15-20(33)14-18/h6-9,12-16,26-27H,10-11H2,1-5H3,(H,37,41)(H,38,40). The maximum atomic E-state index is 13.3. The number of alkyl halides is 2. The van der Waals surface area contributed by atoms with Crippen LogP contribution in [0.5, 0.6) is 0 Å². The van der Waals surface area contributed by atoms with Crippen LogP contribution in [0.2, 0.25) is 15.1 Å². The molecule has 2 atom stereocenters. The second-order valence-electron chi connectivity index (χ2n) is 10.8. The smallest absolute Gasteiger partial charge is 0.414 e. The van der Waals surface area contributed by atoms with E-state index in [2.05, 4.69) is 10.6 Å². The van der Waals surface area contributed by atoms with E-state index in [1.807, 2.05) is 0 Å². The quantitative estimate of drug-likeness (QED) is 0.205. The molecule has 2 unspecified atom stereocenters. The summed E-state index contributed by atoms with van der Waals surface area (Å²) in [4.78, 5) is 40.5. The van der Waals surface area contributed by atoms with Crippen LogP contribution in [0.4, 0.5) is 21.9 Å². The summed E-state index contributed by atoms with van der Waals surface area (Å²) in [5.41, 5.74) is 1.93. The molecule has 44 heavy (non-hydrogen) atoms. The predicted molar refractivity (Wildman–Crippen MR) is 179 cm³/mol. The molecule has 3 aromatic rings. The third kappa shape index (κ3) is 9.89. The lowest BCUT2D eigenvalue weighted by atomic mass is 10.1. The minimum absolute atomic E-state index is 0.110. The Bertz CT molecular complexity index is 1510. The van der Waals surface area contributed by atoms with Gasteiger partial charge in [0.1, 0.15) is 11.0 Å². The van der Waals surface area contributed by atoms with E-state index in [0.29, 0.717) is 39.2 Å². The van der Waals surface area contributed by atoms with Gasteiger partial charge < -0.3 is 20.1 Å². The molecule has 236 valence electrons. The first-order valence-corrected chi connectivity index (χ1v) is 15.4. The van der Waals surface area contributed by atoms with Crippen molar-refractivity contribution in [2.24, 2.45) is 0 Å². The van der Waals surface area contributed by atoms with Gasteiger partial charge in [-0.3, -0.25) is 14.5 Å². The molecule has 0 aromatic heterocycles. The van der Waals surface area contributed by atoms with Crippen LogP contribution in [0.3, 0.4) is 0 Å². The highest BCUT2D eigenvalue weighted by molar-refractivity contribution is 6.39. The number of rotatable bonds is 10. The van der Waals surface area contributed by atoms with Crippen LogP contribution in [0.25, 0.3) is 0 Å². The molecule has 0 aliphatic rings. The molecule has 0 spiro atoms. The van der Waals surface area contributed by atoms with Crippen LogP contribution in [0.15, 0.2) is 54.6 Å². The second-order valence-corrected chi connectivity index (χ2v) is 13.0. The minimum atomic E-state index is -1.19. The van der Waals surface area contributed by atoms with Gasteiger partial charge in [-0.1, -0.05) is 34.8 Å². The lowest BCUT2D eigenvalue weighted by molar-refractivity contribution is -0.115. The molecule has 0 radical (unpaired) electrons. The molecule has 0 heterocycles. The summed E-state index contributed by atoms with van der Waals surface area (Å²) >= 11 is 31.3. The molecule has 0 aliphatic carbocycles. The minimum Gasteiger partial charge on any atom is -0.443 e. The van der Waals surface area contributed by atoms with Crippen molar-refractivity contribution in [1.29, 1.82) is 0 Å². The van der Waals surface area contributed by atoms with Crippen molar-refractivity contribution in [3.8, 4) is 0 Å². The Balaban J connectivity index is 1.76. The van der Waals surface area contributed by atoms with Gasteiger partial charge in [0.25, 0.3) is 5.91 Å². The Morgan fingerprint density at radius 1 is 0.909 bits per heavy atom. The van der Waals surface area contributed by atoms with Gasteiger partial charge in [0.2, 0.25) is 5.91 Å². The zero-order valence-corrected chi connectivity index (χ0v) is 28.4. The lowest BCUT2D eigenvalue weighted by Crippen LogP contribution is -2.38. The fourth-order valence-corrected chi connectivity index (χ4v) is 5.18. The number of anilines is 3. The highest BCUT2D eigenvalue weighted by Gasteiger charge is 2.27. The van der Waals surface area contributed by atoms with Crippen LogP contribution >= 0.6 is 58.0 Å². The number of methoxy groups -OCH3 is 1. The van der Waals surface area contributed by atoms with Gasteiger partial charge in [0.05, 0.1) is 29.1 Å². The number of hydrogen-bond acceptors (Lipinski definition) is 5. The number of carbonyl (C=O) groups excluding carboxylic acids is 3. The van der Waals surface area contributed by atoms with Gasteiger partial charge in [-0.25, -0.2) is 4.79 Å². The van der Waals surface area contributed by atoms with Crippen molar-refractivity contribution in [2.45, 2.75) is 44.1 Å². The van der Waals surface area contributed by atoms with Crippen LogP contribution in [0, 0.1) is 6.92 Å². The fourth-order valence-electron chi connectivity index (χ4n) is 4.00. The monoisotopic (exact) mass is 701 g/mol. The van der Waals surface area contributed by atoms with Crippen molar-refractivity contribution in [2.75, 3.05) is 35.8 Å². The molecule has 0 saturated carbocycles. The summed E-state index contributed by atoms with van der Waals surface area (Å²) in [6, 6.07) is 14.2. The van der Waals surface area contributed by atoms with Crippen LogP contribution < -0.4 is 15.5 Å². The highest BCUT2D eigenvalue weighted by Crippen LogP contribution is 2.33. The van der Waals surface area contributed by atoms with Crippen molar-refractivity contribution < 1.29 is 23.9 Å². The van der Waals surface area contributed by atoms with Crippen molar-refractivity contribution in [1.82, 2.24) is 0 Å². The summed E-state index contributed by atoms with van der Waals surface area (Å²) < 4.78 is 10.7. The molecule has 3 aromatic carbocycles. The number of hydrogen-bond donors (Lipinski definition) is 2. The van der Waals surface area contributed by atoms with E-state index >= 15 is 0 Å². The summed E-state index contributed by atoms with van der Waals surface area (Å²) in [6.45, 7) is 7.72. The van der Waals surface area contributed by atoms with Gasteiger partial charge in [0.15, 0.2) is 0 Å². The first-order valence-electron chi connectivity index (χ1n) is 13.4. The first kappa shape index (κ1) is 35.8. The highest BCUT2D eigenvalue weighted by atomic mass is 35.5. The fraction of sp³-hybridized carbons (Fsp3) is 0.323. The van der Waals surface area contributed by atoms with E-state index in [1.54, 1.807) is 65.1 Å². The maximum absolute atomic E-state index is 13.3. The molecular weight excluding hydrogens is 672 g/mol. The topological polar surface area (TPSA) is 97.0 Å². The molecule has 0 saturated heterocycles. The zero-order valence-electron chi connectivity index (χ0n) is 24.6. The van der Waals surface area contributed by atoms with E-state index in [9.17, 15) is 14.4 Å². The molecule has 0 bridgehead atoms. The molecule has 13 heteroatoms. The Morgan fingerprint density at radius 3 is 2.16 bits per heavy atom. The Kier molecular flexibility index (Phi) is 12.6. The second kappa shape index (κ2) is 15.5. The number of benzene rings is 3. The molecule has 2 N–H and O–H groups in total. The van der Waals surface area contributed by atoms with Crippen molar-refractivity contribution in [3.05, 3.63) is 86.4 Å². The molecule has 3 amide bonds. The van der Waals surface area contributed by atoms with Gasteiger partial charge in [-0.05, 0) is 93.4 Å². The average molecular weight is 704 g/mol. The summed E-state index contributed by atoms with van der Waals surface area (Å²) in [6.07, 6.45) is -0.521. The number of amides is 3. The Labute approximate surface area is 281 Å². The largest absolute Gasteiger partial charge is 0.443 e. The molecule has 0 aliphatic heterocycles.